The van der Waals surface area contributed by atoms with Gasteiger partial charge in [-0.3, -0.25) is 9.59 Å². The Labute approximate surface area is 199 Å². The highest BCUT2D eigenvalue weighted by atomic mass is 19.4. The summed E-state index contributed by atoms with van der Waals surface area (Å²) in [5, 5.41) is 15.2. The van der Waals surface area contributed by atoms with Crippen molar-refractivity contribution in [2.45, 2.75) is 31.5 Å². The number of fused-ring (bicyclic) bond motifs is 1. The largest absolute Gasteiger partial charge is 0.483 e. The predicted octanol–water partition coefficient (Wildman–Crippen LogP) is 5.34. The molecular formula is C26H23F3N2O4. The lowest BCUT2D eigenvalue weighted by Crippen LogP contribution is -2.21. The summed E-state index contributed by atoms with van der Waals surface area (Å²) in [6.07, 6.45) is -2.79. The van der Waals surface area contributed by atoms with Crippen molar-refractivity contribution in [3.05, 3.63) is 89.0 Å². The topological polar surface area (TPSA) is 87.7 Å². The Bertz CT molecular complexity index is 1240. The van der Waals surface area contributed by atoms with Crippen LogP contribution in [0.2, 0.25) is 0 Å². The van der Waals surface area contributed by atoms with E-state index < -0.39 is 29.7 Å². The van der Waals surface area contributed by atoms with Gasteiger partial charge in [-0.25, -0.2) is 0 Å². The molecule has 0 saturated carbocycles. The van der Waals surface area contributed by atoms with Crippen LogP contribution >= 0.6 is 0 Å². The van der Waals surface area contributed by atoms with Crippen LogP contribution in [-0.2, 0) is 17.4 Å². The van der Waals surface area contributed by atoms with Gasteiger partial charge in [0.15, 0.2) is 6.61 Å². The number of anilines is 2. The van der Waals surface area contributed by atoms with Gasteiger partial charge in [0, 0.05) is 16.9 Å². The summed E-state index contributed by atoms with van der Waals surface area (Å²) >= 11 is 0. The Hall–Kier alpha value is -3.85. The summed E-state index contributed by atoms with van der Waals surface area (Å²) in [7, 11) is 0. The van der Waals surface area contributed by atoms with Crippen molar-refractivity contribution in [2.75, 3.05) is 17.2 Å². The van der Waals surface area contributed by atoms with Crippen LogP contribution in [0.15, 0.2) is 66.7 Å². The number of amides is 2. The van der Waals surface area contributed by atoms with E-state index in [9.17, 15) is 27.9 Å². The number of carbonyl (C=O) groups excluding carboxylic acids is 2. The standard InChI is InChI=1S/C26H23F3N2O4/c27-26(28,29)17-6-2-8-19(14-17)31-25(34)16-5-1-7-18(13-16)30-24(33)15-35-23-12-4-9-20-21(23)10-3-11-22(20)32/h1-2,4-9,12-14,22,32H,3,10-11,15H2,(H,30,33)(H,31,34). The maximum atomic E-state index is 12.9. The second-order valence-electron chi connectivity index (χ2n) is 8.18. The summed E-state index contributed by atoms with van der Waals surface area (Å²) < 4.78 is 44.4. The lowest BCUT2D eigenvalue weighted by molar-refractivity contribution is -0.137. The third-order valence-electron chi connectivity index (χ3n) is 5.65. The van der Waals surface area contributed by atoms with Crippen LogP contribution in [0.5, 0.6) is 5.75 Å². The van der Waals surface area contributed by atoms with E-state index in [2.05, 4.69) is 10.6 Å². The highest BCUT2D eigenvalue weighted by Gasteiger charge is 2.30. The lowest BCUT2D eigenvalue weighted by atomic mass is 9.89. The molecule has 0 bridgehead atoms. The molecule has 2 amide bonds. The first-order valence-electron chi connectivity index (χ1n) is 11.0. The highest BCUT2D eigenvalue weighted by Crippen LogP contribution is 2.35. The quantitative estimate of drug-likeness (QED) is 0.441. The summed E-state index contributed by atoms with van der Waals surface area (Å²) in [5.74, 6) is -0.522. The summed E-state index contributed by atoms with van der Waals surface area (Å²) in [5.41, 5.74) is 1.34. The van der Waals surface area contributed by atoms with Gasteiger partial charge >= 0.3 is 6.18 Å². The summed E-state index contributed by atoms with van der Waals surface area (Å²) in [4.78, 5) is 25.0. The van der Waals surface area contributed by atoms with E-state index in [0.29, 0.717) is 17.9 Å². The zero-order chi connectivity index (χ0) is 25.0. The fourth-order valence-electron chi connectivity index (χ4n) is 3.98. The maximum absolute atomic E-state index is 12.9. The Kier molecular flexibility index (Phi) is 7.07. The third kappa shape index (κ3) is 5.99. The second-order valence-corrected chi connectivity index (χ2v) is 8.18. The SMILES string of the molecule is O=C(COc1cccc2c1CCCC2O)Nc1cccc(C(=O)Nc2cccc(C(F)(F)F)c2)c1. The molecular weight excluding hydrogens is 461 g/mol. The molecule has 0 saturated heterocycles. The van der Waals surface area contributed by atoms with Crippen LogP contribution in [0.25, 0.3) is 0 Å². The van der Waals surface area contributed by atoms with Crippen LogP contribution in [0, 0.1) is 0 Å². The molecule has 0 aliphatic heterocycles. The molecule has 0 heterocycles. The summed E-state index contributed by atoms with van der Waals surface area (Å²) in [6.45, 7) is -0.271. The molecule has 1 unspecified atom stereocenters. The molecule has 1 atom stereocenters. The van der Waals surface area contributed by atoms with E-state index >= 15 is 0 Å². The van der Waals surface area contributed by atoms with Crippen molar-refractivity contribution in [1.82, 2.24) is 0 Å². The van der Waals surface area contributed by atoms with Crippen molar-refractivity contribution in [3.8, 4) is 5.75 Å². The Morgan fingerprint density at radius 1 is 0.971 bits per heavy atom. The van der Waals surface area contributed by atoms with Crippen molar-refractivity contribution in [2.24, 2.45) is 0 Å². The Morgan fingerprint density at radius 2 is 1.69 bits per heavy atom. The third-order valence-corrected chi connectivity index (χ3v) is 5.65. The molecule has 0 radical (unpaired) electrons. The number of rotatable bonds is 6. The Morgan fingerprint density at radius 3 is 2.46 bits per heavy atom. The van der Waals surface area contributed by atoms with Gasteiger partial charge in [0.1, 0.15) is 5.75 Å². The van der Waals surface area contributed by atoms with Gasteiger partial charge in [-0.1, -0.05) is 24.3 Å². The lowest BCUT2D eigenvalue weighted by Gasteiger charge is -2.23. The predicted molar refractivity (Wildman–Crippen MR) is 124 cm³/mol. The minimum absolute atomic E-state index is 0.00368. The van der Waals surface area contributed by atoms with Crippen LogP contribution in [0.4, 0.5) is 24.5 Å². The molecule has 1 aliphatic carbocycles. The normalized spacial score (nSPS) is 15.1. The molecule has 0 spiro atoms. The smallest absolute Gasteiger partial charge is 0.416 e. The highest BCUT2D eigenvalue weighted by molar-refractivity contribution is 6.05. The number of aliphatic hydroxyl groups is 1. The minimum Gasteiger partial charge on any atom is -0.483 e. The first-order chi connectivity index (χ1) is 16.7. The molecule has 9 heteroatoms. The van der Waals surface area contributed by atoms with Gasteiger partial charge in [-0.15, -0.1) is 0 Å². The molecule has 3 aromatic rings. The van der Waals surface area contributed by atoms with E-state index in [1.165, 1.54) is 24.3 Å². The number of nitrogens with one attached hydrogen (secondary N) is 2. The minimum atomic E-state index is -4.52. The first kappa shape index (κ1) is 24.3. The Balaban J connectivity index is 1.38. The van der Waals surface area contributed by atoms with E-state index in [4.69, 9.17) is 4.74 Å². The van der Waals surface area contributed by atoms with Gasteiger partial charge in [0.05, 0.1) is 11.7 Å². The van der Waals surface area contributed by atoms with Gasteiger partial charge in [0.2, 0.25) is 0 Å². The van der Waals surface area contributed by atoms with Gasteiger partial charge in [-0.05, 0) is 72.9 Å². The molecule has 0 fully saturated rings. The number of carbonyl (C=O) groups is 2. The van der Waals surface area contributed by atoms with Crippen molar-refractivity contribution >= 4 is 23.2 Å². The monoisotopic (exact) mass is 484 g/mol. The number of halogens is 3. The number of aliphatic hydroxyl groups excluding tert-OH is 1. The molecule has 4 rings (SSSR count). The van der Waals surface area contributed by atoms with Crippen molar-refractivity contribution < 1.29 is 32.6 Å². The number of alkyl halides is 3. The maximum Gasteiger partial charge on any atom is 0.416 e. The first-order valence-corrected chi connectivity index (χ1v) is 11.0. The molecule has 182 valence electrons. The molecule has 35 heavy (non-hydrogen) atoms. The number of ether oxygens (including phenoxy) is 1. The molecule has 1 aliphatic rings. The molecule has 3 N–H and O–H groups in total. The fraction of sp³-hybridized carbons (Fsp3) is 0.231. The fourth-order valence-corrected chi connectivity index (χ4v) is 3.98. The van der Waals surface area contributed by atoms with Crippen molar-refractivity contribution in [1.29, 1.82) is 0 Å². The van der Waals surface area contributed by atoms with Crippen LogP contribution in [-0.4, -0.2) is 23.5 Å². The zero-order valence-electron chi connectivity index (χ0n) is 18.6. The molecule has 3 aromatic carbocycles. The zero-order valence-corrected chi connectivity index (χ0v) is 18.6. The average Bonchev–Trinajstić information content (AvgIpc) is 2.83. The van der Waals surface area contributed by atoms with Gasteiger partial charge < -0.3 is 20.5 Å². The molecule has 6 nitrogen and oxygen atoms in total. The molecule has 0 aromatic heterocycles. The van der Waals surface area contributed by atoms with Crippen LogP contribution in [0.3, 0.4) is 0 Å². The number of hydrogen-bond acceptors (Lipinski definition) is 4. The van der Waals surface area contributed by atoms with E-state index in [1.54, 1.807) is 24.3 Å². The van der Waals surface area contributed by atoms with E-state index in [-0.39, 0.29) is 17.9 Å². The van der Waals surface area contributed by atoms with Crippen LogP contribution in [0.1, 0.15) is 46.0 Å². The average molecular weight is 484 g/mol. The summed E-state index contributed by atoms with van der Waals surface area (Å²) in [6, 6.07) is 15.7. The van der Waals surface area contributed by atoms with Gasteiger partial charge in [-0.2, -0.15) is 13.2 Å². The number of benzene rings is 3. The number of hydrogen-bond donors (Lipinski definition) is 3. The van der Waals surface area contributed by atoms with Gasteiger partial charge in [0.25, 0.3) is 11.8 Å². The second kappa shape index (κ2) is 10.2. The van der Waals surface area contributed by atoms with Crippen molar-refractivity contribution in [3.63, 3.8) is 0 Å². The van der Waals surface area contributed by atoms with E-state index in [0.717, 1.165) is 36.1 Å². The van der Waals surface area contributed by atoms with E-state index in [1.807, 2.05) is 6.07 Å². The van der Waals surface area contributed by atoms with Crippen LogP contribution < -0.4 is 15.4 Å².